The second kappa shape index (κ2) is 10.2. The number of ether oxygens (including phenoxy) is 3. The van der Waals surface area contributed by atoms with E-state index in [1.165, 1.54) is 19.1 Å². The summed E-state index contributed by atoms with van der Waals surface area (Å²) in [4.78, 5) is 27.6. The van der Waals surface area contributed by atoms with Gasteiger partial charge in [0.25, 0.3) is 5.91 Å². The summed E-state index contributed by atoms with van der Waals surface area (Å²) in [5.41, 5.74) is 3.49. The van der Waals surface area contributed by atoms with Crippen molar-refractivity contribution in [2.75, 3.05) is 34.9 Å². The van der Waals surface area contributed by atoms with Crippen molar-refractivity contribution in [3.63, 3.8) is 0 Å². The van der Waals surface area contributed by atoms with Crippen LogP contribution >= 0.6 is 0 Å². The van der Waals surface area contributed by atoms with E-state index in [9.17, 15) is 9.59 Å². The highest BCUT2D eigenvalue weighted by Gasteiger charge is 2.28. The Labute approximate surface area is 195 Å². The minimum Gasteiger partial charge on any atom is -0.497 e. The quantitative estimate of drug-likeness (QED) is 0.375. The fourth-order valence-electron chi connectivity index (χ4n) is 3.95. The number of benzene rings is 2. The van der Waals surface area contributed by atoms with E-state index in [1.807, 2.05) is 18.2 Å². The van der Waals surface area contributed by atoms with Gasteiger partial charge in [-0.25, -0.2) is 0 Å². The molecule has 1 aliphatic heterocycles. The van der Waals surface area contributed by atoms with E-state index in [1.54, 1.807) is 44.5 Å². The van der Waals surface area contributed by atoms with Gasteiger partial charge in [-0.2, -0.15) is 0 Å². The van der Waals surface area contributed by atoms with E-state index in [-0.39, 0.29) is 23.8 Å². The maximum Gasteiger partial charge on any atom is 0.253 e. The summed E-state index contributed by atoms with van der Waals surface area (Å²) in [5, 5.41) is 3.47. The van der Waals surface area contributed by atoms with Gasteiger partial charge in [0.2, 0.25) is 0 Å². The van der Waals surface area contributed by atoms with Gasteiger partial charge in [-0.1, -0.05) is 18.2 Å². The fraction of sp³-hybridized carbons (Fsp3) is 0.385. The zero-order valence-corrected chi connectivity index (χ0v) is 20.1. The van der Waals surface area contributed by atoms with Gasteiger partial charge < -0.3 is 24.4 Å². The predicted molar refractivity (Wildman–Crippen MR) is 127 cm³/mol. The molecular formula is C26H32N2O5. The largest absolute Gasteiger partial charge is 0.497 e. The molecule has 0 atom stereocenters. The third-order valence-electron chi connectivity index (χ3n) is 5.68. The normalized spacial score (nSPS) is 15.7. The van der Waals surface area contributed by atoms with Crippen molar-refractivity contribution in [1.29, 1.82) is 0 Å². The number of nitrogens with zero attached hydrogens (tertiary/aromatic N) is 1. The molecule has 0 fully saturated rings. The Bertz CT molecular complexity index is 1060. The first-order chi connectivity index (χ1) is 15.7. The van der Waals surface area contributed by atoms with Crippen LogP contribution in [0.3, 0.4) is 0 Å². The lowest BCUT2D eigenvalue weighted by atomic mass is 9.85. The second-order valence-corrected chi connectivity index (χ2v) is 8.80. The van der Waals surface area contributed by atoms with Gasteiger partial charge in [0.15, 0.2) is 12.1 Å². The monoisotopic (exact) mass is 452 g/mol. The topological polar surface area (TPSA) is 77.1 Å². The fourth-order valence-corrected chi connectivity index (χ4v) is 3.95. The Kier molecular flexibility index (Phi) is 7.56. The Morgan fingerprint density at radius 1 is 1.09 bits per heavy atom. The van der Waals surface area contributed by atoms with Gasteiger partial charge in [0.05, 0.1) is 13.7 Å². The van der Waals surface area contributed by atoms with Crippen LogP contribution in [0.1, 0.15) is 45.7 Å². The first-order valence-corrected chi connectivity index (χ1v) is 10.8. The maximum absolute atomic E-state index is 13.2. The van der Waals surface area contributed by atoms with Crippen molar-refractivity contribution in [2.24, 2.45) is 0 Å². The number of amides is 1. The molecule has 0 spiro atoms. The van der Waals surface area contributed by atoms with Crippen molar-refractivity contribution >= 4 is 17.4 Å². The number of hydrogen-bond donors (Lipinski definition) is 1. The summed E-state index contributed by atoms with van der Waals surface area (Å²) in [7, 11) is 6.33. The van der Waals surface area contributed by atoms with Crippen LogP contribution in [0.25, 0.3) is 5.70 Å². The third-order valence-corrected chi connectivity index (χ3v) is 5.68. The number of likely N-dealkylation sites (N-methyl/N-ethyl adjacent to an activating group) is 1. The van der Waals surface area contributed by atoms with Crippen LogP contribution in [0.5, 0.6) is 5.75 Å². The van der Waals surface area contributed by atoms with E-state index < -0.39 is 6.29 Å². The molecule has 33 heavy (non-hydrogen) atoms. The molecule has 7 nitrogen and oxygen atoms in total. The van der Waals surface area contributed by atoms with Gasteiger partial charge in [-0.15, -0.1) is 0 Å². The van der Waals surface area contributed by atoms with Crippen LogP contribution in [-0.4, -0.2) is 63.3 Å². The molecule has 0 bridgehead atoms. The zero-order chi connectivity index (χ0) is 24.2. The lowest BCUT2D eigenvalue weighted by Crippen LogP contribution is -2.43. The van der Waals surface area contributed by atoms with E-state index in [2.05, 4.69) is 19.2 Å². The highest BCUT2D eigenvalue weighted by atomic mass is 16.7. The van der Waals surface area contributed by atoms with Gasteiger partial charge >= 0.3 is 0 Å². The van der Waals surface area contributed by atoms with E-state index >= 15 is 0 Å². The molecule has 1 aliphatic rings. The predicted octanol–water partition coefficient (Wildman–Crippen LogP) is 3.53. The molecule has 1 heterocycles. The number of carbonyl (C=O) groups excluding carboxylic acids is 2. The zero-order valence-electron chi connectivity index (χ0n) is 20.1. The number of allylic oxidation sites excluding steroid dienone is 1. The molecule has 2 aromatic carbocycles. The molecule has 2 aromatic rings. The van der Waals surface area contributed by atoms with Crippen molar-refractivity contribution in [3.8, 4) is 5.75 Å². The summed E-state index contributed by atoms with van der Waals surface area (Å²) in [6.07, 6.45) is 1.91. The van der Waals surface area contributed by atoms with Crippen LogP contribution in [0.4, 0.5) is 0 Å². The molecule has 0 aliphatic carbocycles. The van der Waals surface area contributed by atoms with Gasteiger partial charge in [0.1, 0.15) is 5.75 Å². The number of ketones is 1. The lowest BCUT2D eigenvalue weighted by Gasteiger charge is -2.35. The standard InChI is InChI=1S/C26H32N2O5/c1-26(2)15-19-10-11-20(31-4)13-21(19)22(27-26)14-23(29)17-8-7-9-18(12-17)25(30)28(3)16-24(32-5)33-6/h7-14,24,27H,15-16H2,1-6H3. The average molecular weight is 453 g/mol. The molecule has 7 heteroatoms. The Balaban J connectivity index is 1.88. The molecule has 0 aromatic heterocycles. The number of nitrogens with one attached hydrogen (secondary N) is 1. The number of hydrogen-bond acceptors (Lipinski definition) is 6. The van der Waals surface area contributed by atoms with E-state index in [4.69, 9.17) is 14.2 Å². The smallest absolute Gasteiger partial charge is 0.253 e. The van der Waals surface area contributed by atoms with Crippen molar-refractivity contribution in [3.05, 3.63) is 70.8 Å². The Hall–Kier alpha value is -3.16. The van der Waals surface area contributed by atoms with Gasteiger partial charge in [-0.3, -0.25) is 9.59 Å². The molecule has 3 rings (SSSR count). The number of methoxy groups -OCH3 is 3. The Morgan fingerprint density at radius 2 is 1.79 bits per heavy atom. The van der Waals surface area contributed by atoms with Crippen LogP contribution in [0.2, 0.25) is 0 Å². The minimum absolute atomic E-state index is 0.187. The number of rotatable bonds is 8. The molecule has 0 saturated carbocycles. The van der Waals surface area contributed by atoms with Crippen LogP contribution < -0.4 is 10.1 Å². The van der Waals surface area contributed by atoms with Crippen LogP contribution in [0, 0.1) is 0 Å². The molecule has 0 radical (unpaired) electrons. The highest BCUT2D eigenvalue weighted by Crippen LogP contribution is 2.32. The summed E-state index contributed by atoms with van der Waals surface area (Å²) in [6, 6.07) is 12.6. The summed E-state index contributed by atoms with van der Waals surface area (Å²) in [6.45, 7) is 4.47. The molecule has 1 N–H and O–H groups in total. The molecule has 1 amide bonds. The third kappa shape index (κ3) is 5.80. The summed E-state index contributed by atoms with van der Waals surface area (Å²) in [5.74, 6) is 0.325. The molecule has 0 unspecified atom stereocenters. The van der Waals surface area contributed by atoms with Crippen molar-refractivity contribution in [2.45, 2.75) is 32.1 Å². The first-order valence-electron chi connectivity index (χ1n) is 10.8. The first kappa shape index (κ1) is 24.5. The lowest BCUT2D eigenvalue weighted by molar-refractivity contribution is -0.110. The van der Waals surface area contributed by atoms with Gasteiger partial charge in [0, 0.05) is 55.3 Å². The van der Waals surface area contributed by atoms with Crippen molar-refractivity contribution in [1.82, 2.24) is 10.2 Å². The summed E-state index contributed by atoms with van der Waals surface area (Å²) < 4.78 is 15.7. The maximum atomic E-state index is 13.2. The summed E-state index contributed by atoms with van der Waals surface area (Å²) >= 11 is 0. The molecular weight excluding hydrogens is 420 g/mol. The molecule has 176 valence electrons. The number of carbonyl (C=O) groups is 2. The highest BCUT2D eigenvalue weighted by molar-refractivity contribution is 6.10. The van der Waals surface area contributed by atoms with Crippen LogP contribution in [0.15, 0.2) is 48.5 Å². The van der Waals surface area contributed by atoms with Crippen LogP contribution in [-0.2, 0) is 15.9 Å². The van der Waals surface area contributed by atoms with E-state index in [0.717, 1.165) is 29.0 Å². The minimum atomic E-state index is -0.522. The Morgan fingerprint density at radius 3 is 2.45 bits per heavy atom. The molecule has 0 saturated heterocycles. The SMILES string of the molecule is COc1ccc2c(c1)C(=CC(=O)c1cccc(C(=O)N(C)CC(OC)OC)c1)NC(C)(C)C2. The van der Waals surface area contributed by atoms with Crippen molar-refractivity contribution < 1.29 is 23.8 Å². The van der Waals surface area contributed by atoms with E-state index in [0.29, 0.717) is 11.1 Å². The number of fused-ring (bicyclic) bond motifs is 1. The van der Waals surface area contributed by atoms with Gasteiger partial charge in [-0.05, 0) is 50.1 Å². The second-order valence-electron chi connectivity index (χ2n) is 8.80. The average Bonchev–Trinajstić information content (AvgIpc) is 2.81.